The van der Waals surface area contributed by atoms with Crippen molar-refractivity contribution in [1.29, 1.82) is 0 Å². The van der Waals surface area contributed by atoms with Gasteiger partial charge in [0, 0.05) is 43.8 Å². The molecule has 6 heterocycles. The highest BCUT2D eigenvalue weighted by Gasteiger charge is 2.35. The molecule has 0 aliphatic carbocycles. The average Bonchev–Trinajstić information content (AvgIpc) is 3.83. The molecule has 0 unspecified atom stereocenters. The molecule has 2 aliphatic heterocycles. The molecule has 0 saturated carbocycles. The van der Waals surface area contributed by atoms with E-state index in [4.69, 9.17) is 0 Å². The standard InChI is InChI=1S/C26H12O4S12/c27-17(13-1-5-31-9-13)35-21-22(36-18(28)14-2-6-32-10-14)40-25(39-21)26-41-23(37-19(29)15-3-7-33-11-15)24(42-26)38-20(30)16-4-8-34-12-16/h1-12H. The van der Waals surface area contributed by atoms with Gasteiger partial charge in [-0.3, -0.25) is 19.2 Å². The van der Waals surface area contributed by atoms with Gasteiger partial charge in [-0.1, -0.05) is 47.0 Å². The molecule has 0 fully saturated rings. The van der Waals surface area contributed by atoms with Crippen molar-refractivity contribution in [1.82, 2.24) is 0 Å². The lowest BCUT2D eigenvalue weighted by atomic mass is 10.4. The maximum Gasteiger partial charge on any atom is 0.225 e. The first kappa shape index (κ1) is 31.5. The average molecular weight is 773 g/mol. The van der Waals surface area contributed by atoms with Crippen LogP contribution in [0.4, 0.5) is 0 Å². The van der Waals surface area contributed by atoms with Crippen LogP contribution in [0.1, 0.15) is 41.4 Å². The molecule has 0 aromatic carbocycles. The summed E-state index contributed by atoms with van der Waals surface area (Å²) in [4.78, 5) is 52.1. The molecule has 16 heteroatoms. The highest BCUT2D eigenvalue weighted by molar-refractivity contribution is 8.48. The van der Waals surface area contributed by atoms with Crippen LogP contribution in [0.15, 0.2) is 92.7 Å². The second-order valence-corrected chi connectivity index (χ2v) is 20.4. The Bertz CT molecular complexity index is 1470. The van der Waals surface area contributed by atoms with Gasteiger partial charge < -0.3 is 0 Å². The Morgan fingerprint density at radius 2 is 0.643 bits per heavy atom. The molecule has 2 aliphatic rings. The van der Waals surface area contributed by atoms with Gasteiger partial charge in [-0.15, -0.1) is 0 Å². The highest BCUT2D eigenvalue weighted by Crippen LogP contribution is 2.66. The molecular weight excluding hydrogens is 761 g/mol. The fraction of sp³-hybridized carbons (Fsp3) is 0. The predicted octanol–water partition coefficient (Wildman–Crippen LogP) is 11.9. The molecule has 0 radical (unpaired) electrons. The van der Waals surface area contributed by atoms with E-state index in [0.717, 1.165) is 72.5 Å². The highest BCUT2D eigenvalue weighted by atomic mass is 32.3. The van der Waals surface area contributed by atoms with E-state index in [1.54, 1.807) is 24.3 Å². The van der Waals surface area contributed by atoms with E-state index in [1.807, 2.05) is 43.0 Å². The summed E-state index contributed by atoms with van der Waals surface area (Å²) >= 11 is 16.2. The third-order valence-corrected chi connectivity index (χ3v) is 18.7. The Labute approximate surface area is 290 Å². The summed E-state index contributed by atoms with van der Waals surface area (Å²) in [6.45, 7) is 0. The number of hydrogen-bond donors (Lipinski definition) is 0. The van der Waals surface area contributed by atoms with Crippen molar-refractivity contribution < 1.29 is 19.2 Å². The van der Waals surface area contributed by atoms with Crippen molar-refractivity contribution >= 4 is 160 Å². The lowest BCUT2D eigenvalue weighted by molar-refractivity contribution is 0.108. The zero-order valence-corrected chi connectivity index (χ0v) is 30.3. The summed E-state index contributed by atoms with van der Waals surface area (Å²) in [6.07, 6.45) is 0. The van der Waals surface area contributed by atoms with Crippen LogP contribution in [0.2, 0.25) is 0 Å². The van der Waals surface area contributed by atoms with Crippen LogP contribution in [-0.4, -0.2) is 20.5 Å². The fourth-order valence-electron chi connectivity index (χ4n) is 3.06. The van der Waals surface area contributed by atoms with Crippen LogP contribution in [0.25, 0.3) is 0 Å². The summed E-state index contributed by atoms with van der Waals surface area (Å²) in [5.41, 5.74) is 2.50. The van der Waals surface area contributed by atoms with Crippen LogP contribution >= 0.6 is 139 Å². The molecule has 0 amide bonds. The topological polar surface area (TPSA) is 68.3 Å². The molecule has 0 spiro atoms. The first-order valence-corrected chi connectivity index (χ1v) is 21.7. The van der Waals surface area contributed by atoms with Crippen molar-refractivity contribution in [3.05, 3.63) is 115 Å². The summed E-state index contributed by atoms with van der Waals surface area (Å²) in [5.74, 6) is 0. The summed E-state index contributed by atoms with van der Waals surface area (Å²) in [6, 6.07) is 7.18. The Morgan fingerprint density at radius 3 is 0.833 bits per heavy atom. The molecule has 0 bridgehead atoms. The van der Waals surface area contributed by atoms with Gasteiger partial charge >= 0.3 is 0 Å². The van der Waals surface area contributed by atoms with E-state index >= 15 is 0 Å². The van der Waals surface area contributed by atoms with E-state index in [-0.39, 0.29) is 20.5 Å². The molecule has 6 rings (SSSR count). The van der Waals surface area contributed by atoms with Gasteiger partial charge in [0.05, 0.1) is 25.4 Å². The minimum atomic E-state index is -0.0771. The maximum atomic E-state index is 13.0. The normalized spacial score (nSPS) is 15.2. The number of hydrogen-bond acceptors (Lipinski definition) is 16. The van der Waals surface area contributed by atoms with E-state index < -0.39 is 0 Å². The van der Waals surface area contributed by atoms with Crippen LogP contribution < -0.4 is 0 Å². The molecule has 4 aromatic heterocycles. The number of carbonyl (C=O) groups excluding carboxylic acids is 4. The van der Waals surface area contributed by atoms with Crippen molar-refractivity contribution in [3.63, 3.8) is 0 Å². The maximum absolute atomic E-state index is 13.0. The summed E-state index contributed by atoms with van der Waals surface area (Å²) in [7, 11) is 0. The third kappa shape index (κ3) is 7.65. The van der Waals surface area contributed by atoms with Gasteiger partial charge in [0.25, 0.3) is 0 Å². The molecule has 0 atom stereocenters. The Kier molecular flexibility index (Phi) is 11.0. The second-order valence-electron chi connectivity index (χ2n) is 7.74. The molecule has 42 heavy (non-hydrogen) atoms. The van der Waals surface area contributed by atoms with Gasteiger partial charge in [0.15, 0.2) is 0 Å². The van der Waals surface area contributed by atoms with E-state index in [1.165, 1.54) is 92.4 Å². The number of thiophene rings is 4. The largest absolute Gasteiger partial charge is 0.281 e. The second kappa shape index (κ2) is 14.7. The Hall–Kier alpha value is -0.500. The van der Waals surface area contributed by atoms with Gasteiger partial charge in [-0.05, 0) is 92.8 Å². The molecule has 4 nitrogen and oxygen atoms in total. The van der Waals surface area contributed by atoms with E-state index in [9.17, 15) is 19.2 Å². The summed E-state index contributed by atoms with van der Waals surface area (Å²) in [5, 5.41) is 14.4. The molecule has 4 aromatic rings. The first-order chi connectivity index (χ1) is 20.4. The molecular formula is C26H12O4S12. The monoisotopic (exact) mass is 772 g/mol. The lowest BCUT2D eigenvalue weighted by Gasteiger charge is -2.02. The van der Waals surface area contributed by atoms with Crippen LogP contribution in [0.5, 0.6) is 0 Å². The SMILES string of the molecule is O=C(SC1=C(SC(=O)c2ccsc2)SC(=C2SC(SC(=O)c3ccsc3)=C(SC(=O)c3ccsc3)S2)S1)c1ccsc1. The van der Waals surface area contributed by atoms with Gasteiger partial charge in [-0.25, -0.2) is 0 Å². The summed E-state index contributed by atoms with van der Waals surface area (Å²) < 4.78 is 4.87. The minimum Gasteiger partial charge on any atom is -0.281 e. The number of thioether (sulfide) groups is 8. The number of rotatable bonds is 8. The zero-order chi connectivity index (χ0) is 29.1. The zero-order valence-electron chi connectivity index (χ0n) is 20.5. The smallest absolute Gasteiger partial charge is 0.225 e. The van der Waals surface area contributed by atoms with E-state index in [2.05, 4.69) is 0 Å². The van der Waals surface area contributed by atoms with Gasteiger partial charge in [-0.2, -0.15) is 45.3 Å². The molecule has 0 saturated heterocycles. The van der Waals surface area contributed by atoms with Crippen LogP contribution in [0.3, 0.4) is 0 Å². The first-order valence-electron chi connectivity index (χ1n) is 11.4. The van der Waals surface area contributed by atoms with E-state index in [0.29, 0.717) is 22.3 Å². The quantitative estimate of drug-likeness (QED) is 0.171. The molecule has 212 valence electrons. The predicted molar refractivity (Wildman–Crippen MR) is 196 cm³/mol. The van der Waals surface area contributed by atoms with Crippen LogP contribution in [0, 0.1) is 0 Å². The van der Waals surface area contributed by atoms with Crippen molar-refractivity contribution in [3.8, 4) is 0 Å². The van der Waals surface area contributed by atoms with Crippen LogP contribution in [-0.2, 0) is 0 Å². The van der Waals surface area contributed by atoms with Crippen molar-refractivity contribution in [2.45, 2.75) is 0 Å². The Balaban J connectivity index is 1.26. The minimum absolute atomic E-state index is 0.0771. The number of carbonyl (C=O) groups is 4. The van der Waals surface area contributed by atoms with Crippen molar-refractivity contribution in [2.24, 2.45) is 0 Å². The molecule has 0 N–H and O–H groups in total. The van der Waals surface area contributed by atoms with Gasteiger partial charge in [0.2, 0.25) is 20.5 Å². The lowest BCUT2D eigenvalue weighted by Crippen LogP contribution is -1.92. The third-order valence-electron chi connectivity index (χ3n) is 5.01. The Morgan fingerprint density at radius 1 is 0.405 bits per heavy atom. The fourth-order valence-corrected chi connectivity index (χ4v) is 16.8. The van der Waals surface area contributed by atoms with Crippen molar-refractivity contribution in [2.75, 3.05) is 0 Å². The van der Waals surface area contributed by atoms with Gasteiger partial charge in [0.1, 0.15) is 0 Å².